The number of rotatable bonds is 3. The van der Waals surface area contributed by atoms with Crippen LogP contribution >= 0.6 is 22.9 Å². The fourth-order valence-corrected chi connectivity index (χ4v) is 3.04. The molecule has 104 valence electrons. The first-order valence-electron chi connectivity index (χ1n) is 6.37. The van der Waals surface area contributed by atoms with Crippen LogP contribution in [0, 0.1) is 0 Å². The summed E-state index contributed by atoms with van der Waals surface area (Å²) in [6.07, 6.45) is 1.36. The lowest BCUT2D eigenvalue weighted by Crippen LogP contribution is -2.26. The van der Waals surface area contributed by atoms with E-state index in [1.165, 1.54) is 11.3 Å². The van der Waals surface area contributed by atoms with Gasteiger partial charge in [0, 0.05) is 22.6 Å². The lowest BCUT2D eigenvalue weighted by molar-refractivity contribution is -0.124. The number of hydrogen-bond acceptors (Lipinski definition) is 4. The Morgan fingerprint density at radius 1 is 1.45 bits per heavy atom. The predicted octanol–water partition coefficient (Wildman–Crippen LogP) is 3.58. The van der Waals surface area contributed by atoms with E-state index in [9.17, 15) is 4.79 Å². The molecule has 0 spiro atoms. The third kappa shape index (κ3) is 2.85. The summed E-state index contributed by atoms with van der Waals surface area (Å²) in [4.78, 5) is 16.3. The van der Waals surface area contributed by atoms with E-state index in [1.54, 1.807) is 0 Å². The van der Waals surface area contributed by atoms with Crippen LogP contribution in [0.1, 0.15) is 12.8 Å². The topological polar surface area (TPSA) is 51.2 Å². The van der Waals surface area contributed by atoms with Crippen molar-refractivity contribution >= 4 is 34.0 Å². The molecule has 2 heterocycles. The molecule has 1 saturated heterocycles. The zero-order valence-electron chi connectivity index (χ0n) is 10.6. The molecular weight excluding hydrogens is 296 g/mol. The van der Waals surface area contributed by atoms with Gasteiger partial charge in [0.1, 0.15) is 6.10 Å². The number of ether oxygens (including phenoxy) is 1. The van der Waals surface area contributed by atoms with E-state index in [1.807, 2.05) is 29.6 Å². The average molecular weight is 309 g/mol. The predicted molar refractivity (Wildman–Crippen MR) is 80.2 cm³/mol. The Kier molecular flexibility index (Phi) is 4.00. The Bertz CT molecular complexity index is 623. The van der Waals surface area contributed by atoms with Crippen LogP contribution in [0.3, 0.4) is 0 Å². The van der Waals surface area contributed by atoms with Gasteiger partial charge < -0.3 is 4.74 Å². The Balaban J connectivity index is 1.74. The van der Waals surface area contributed by atoms with Crippen LogP contribution in [0.4, 0.5) is 5.13 Å². The third-order valence-corrected chi connectivity index (χ3v) is 4.19. The highest BCUT2D eigenvalue weighted by atomic mass is 35.5. The van der Waals surface area contributed by atoms with Gasteiger partial charge in [-0.3, -0.25) is 10.1 Å². The second kappa shape index (κ2) is 5.91. The number of amides is 1. The summed E-state index contributed by atoms with van der Waals surface area (Å²) in [7, 11) is 0. The van der Waals surface area contributed by atoms with E-state index in [4.69, 9.17) is 16.3 Å². The van der Waals surface area contributed by atoms with Crippen molar-refractivity contribution in [3.8, 4) is 11.3 Å². The van der Waals surface area contributed by atoms with Crippen molar-refractivity contribution in [3.05, 3.63) is 34.7 Å². The molecule has 0 saturated carbocycles. The summed E-state index contributed by atoms with van der Waals surface area (Å²) in [6, 6.07) is 7.51. The number of nitrogens with one attached hydrogen (secondary N) is 1. The van der Waals surface area contributed by atoms with E-state index >= 15 is 0 Å². The molecule has 1 aromatic carbocycles. The van der Waals surface area contributed by atoms with Gasteiger partial charge in [0.25, 0.3) is 5.91 Å². The molecule has 1 atom stereocenters. The fraction of sp³-hybridized carbons (Fsp3) is 0.286. The molecule has 1 amide bonds. The molecule has 1 aliphatic rings. The number of anilines is 1. The molecule has 4 nitrogen and oxygen atoms in total. The van der Waals surface area contributed by atoms with Gasteiger partial charge in [0.15, 0.2) is 5.13 Å². The fourth-order valence-electron chi connectivity index (χ4n) is 2.09. The Morgan fingerprint density at radius 3 is 3.05 bits per heavy atom. The van der Waals surface area contributed by atoms with Gasteiger partial charge in [-0.25, -0.2) is 4.98 Å². The number of hydrogen-bond donors (Lipinski definition) is 1. The highest BCUT2D eigenvalue weighted by Crippen LogP contribution is 2.30. The van der Waals surface area contributed by atoms with Gasteiger partial charge in [-0.2, -0.15) is 0 Å². The van der Waals surface area contributed by atoms with Crippen molar-refractivity contribution in [1.82, 2.24) is 4.98 Å². The minimum atomic E-state index is -0.345. The largest absolute Gasteiger partial charge is 0.368 e. The van der Waals surface area contributed by atoms with Crippen LogP contribution in [0.25, 0.3) is 11.3 Å². The highest BCUT2D eigenvalue weighted by molar-refractivity contribution is 7.14. The van der Waals surface area contributed by atoms with E-state index in [0.29, 0.717) is 16.8 Å². The Labute approximate surface area is 125 Å². The first-order chi connectivity index (χ1) is 9.74. The standard InChI is InChI=1S/C14H13ClN2O2S/c15-10-5-2-1-4-9(10)11-8-20-14(16-11)17-13(18)12-6-3-7-19-12/h1-2,4-5,8,12H,3,6-7H2,(H,16,17,18). The second-order valence-corrected chi connectivity index (χ2v) is 5.77. The van der Waals surface area contributed by atoms with Gasteiger partial charge in [-0.15, -0.1) is 11.3 Å². The number of nitrogens with zero attached hydrogens (tertiary/aromatic N) is 1. The molecule has 1 aliphatic heterocycles. The summed E-state index contributed by atoms with van der Waals surface area (Å²) < 4.78 is 5.34. The molecule has 1 N–H and O–H groups in total. The van der Waals surface area contributed by atoms with E-state index < -0.39 is 0 Å². The molecule has 1 aromatic heterocycles. The molecule has 0 bridgehead atoms. The first kappa shape index (κ1) is 13.5. The maximum Gasteiger partial charge on any atom is 0.255 e. The van der Waals surface area contributed by atoms with Gasteiger partial charge in [0.2, 0.25) is 0 Å². The van der Waals surface area contributed by atoms with Gasteiger partial charge in [-0.05, 0) is 18.9 Å². The molecule has 1 unspecified atom stereocenters. The molecule has 0 radical (unpaired) electrons. The minimum absolute atomic E-state index is 0.123. The van der Waals surface area contributed by atoms with Crippen LogP contribution in [-0.2, 0) is 9.53 Å². The summed E-state index contributed by atoms with van der Waals surface area (Å²) >= 11 is 7.52. The number of aromatic nitrogens is 1. The monoisotopic (exact) mass is 308 g/mol. The maximum absolute atomic E-state index is 11.9. The van der Waals surface area contributed by atoms with E-state index in [-0.39, 0.29) is 12.0 Å². The van der Waals surface area contributed by atoms with Gasteiger partial charge in [-0.1, -0.05) is 29.8 Å². The summed E-state index contributed by atoms with van der Waals surface area (Å²) in [5, 5.41) is 5.89. The SMILES string of the molecule is O=C(Nc1nc(-c2ccccc2Cl)cs1)C1CCCO1. The lowest BCUT2D eigenvalue weighted by atomic mass is 10.2. The van der Waals surface area contributed by atoms with Gasteiger partial charge in [0.05, 0.1) is 5.69 Å². The Hall–Kier alpha value is -1.43. The van der Waals surface area contributed by atoms with Crippen LogP contribution in [-0.4, -0.2) is 23.6 Å². The van der Waals surface area contributed by atoms with Crippen molar-refractivity contribution in [2.75, 3.05) is 11.9 Å². The average Bonchev–Trinajstić information content (AvgIpc) is 3.10. The Morgan fingerprint density at radius 2 is 2.30 bits per heavy atom. The van der Waals surface area contributed by atoms with Crippen LogP contribution in [0.15, 0.2) is 29.6 Å². The molecule has 20 heavy (non-hydrogen) atoms. The number of carbonyl (C=O) groups is 1. The number of carbonyl (C=O) groups excluding carboxylic acids is 1. The summed E-state index contributed by atoms with van der Waals surface area (Å²) in [5.74, 6) is -0.123. The van der Waals surface area contributed by atoms with Crippen molar-refractivity contribution in [2.45, 2.75) is 18.9 Å². The smallest absolute Gasteiger partial charge is 0.255 e. The molecule has 6 heteroatoms. The number of thiazole rings is 1. The zero-order chi connectivity index (χ0) is 13.9. The van der Waals surface area contributed by atoms with Crippen molar-refractivity contribution in [2.24, 2.45) is 0 Å². The summed E-state index contributed by atoms with van der Waals surface area (Å²) in [6.45, 7) is 0.654. The quantitative estimate of drug-likeness (QED) is 0.943. The second-order valence-electron chi connectivity index (χ2n) is 4.51. The summed E-state index contributed by atoms with van der Waals surface area (Å²) in [5.41, 5.74) is 1.63. The zero-order valence-corrected chi connectivity index (χ0v) is 12.2. The van der Waals surface area contributed by atoms with Crippen LogP contribution in [0.2, 0.25) is 5.02 Å². The van der Waals surface area contributed by atoms with Crippen molar-refractivity contribution in [1.29, 1.82) is 0 Å². The van der Waals surface area contributed by atoms with E-state index in [0.717, 1.165) is 24.1 Å². The molecule has 3 rings (SSSR count). The molecule has 1 fully saturated rings. The maximum atomic E-state index is 11.9. The molecular formula is C14H13ClN2O2S. The third-order valence-electron chi connectivity index (χ3n) is 3.11. The molecule has 2 aromatic rings. The van der Waals surface area contributed by atoms with E-state index in [2.05, 4.69) is 10.3 Å². The number of halogens is 1. The first-order valence-corrected chi connectivity index (χ1v) is 7.63. The van der Waals surface area contributed by atoms with Crippen molar-refractivity contribution < 1.29 is 9.53 Å². The van der Waals surface area contributed by atoms with Crippen LogP contribution < -0.4 is 5.32 Å². The van der Waals surface area contributed by atoms with Crippen LogP contribution in [0.5, 0.6) is 0 Å². The minimum Gasteiger partial charge on any atom is -0.368 e. The highest BCUT2D eigenvalue weighted by Gasteiger charge is 2.24. The van der Waals surface area contributed by atoms with Gasteiger partial charge >= 0.3 is 0 Å². The lowest BCUT2D eigenvalue weighted by Gasteiger charge is -2.07. The number of benzene rings is 1. The normalized spacial score (nSPS) is 18.1. The van der Waals surface area contributed by atoms with Crippen molar-refractivity contribution in [3.63, 3.8) is 0 Å². The molecule has 0 aliphatic carbocycles.